The van der Waals surface area contributed by atoms with Crippen molar-refractivity contribution in [2.45, 2.75) is 17.9 Å². The number of nitrogen functional groups attached to an aromatic ring is 1. The highest BCUT2D eigenvalue weighted by atomic mass is 79.9. The van der Waals surface area contributed by atoms with Gasteiger partial charge in [0.1, 0.15) is 4.90 Å². The lowest BCUT2D eigenvalue weighted by molar-refractivity contribution is 0.198. The number of anilines is 1. The minimum atomic E-state index is -3.66. The van der Waals surface area contributed by atoms with E-state index in [4.69, 9.17) is 10.8 Å². The maximum Gasteiger partial charge on any atom is 0.242 e. The third-order valence-corrected chi connectivity index (χ3v) is 3.82. The summed E-state index contributed by atoms with van der Waals surface area (Å²) in [5, 5.41) is 9.01. The molecule has 1 aromatic rings. The number of hydrogen-bond acceptors (Lipinski definition) is 4. The summed E-state index contributed by atoms with van der Waals surface area (Å²) in [6.07, 6.45) is -0.744. The second-order valence-electron chi connectivity index (χ2n) is 3.38. The molecule has 0 fully saturated rings. The van der Waals surface area contributed by atoms with E-state index < -0.39 is 16.1 Å². The second kappa shape index (κ2) is 5.13. The highest BCUT2D eigenvalue weighted by Gasteiger charge is 2.17. The molecular formula is C9H13BrN2O3S. The predicted octanol–water partition coefficient (Wildman–Crippen LogP) is 0.690. The van der Waals surface area contributed by atoms with Gasteiger partial charge in [-0.1, -0.05) is 15.9 Å². The van der Waals surface area contributed by atoms with Crippen LogP contribution in [0.2, 0.25) is 0 Å². The van der Waals surface area contributed by atoms with E-state index in [0.29, 0.717) is 4.47 Å². The number of nitrogens with one attached hydrogen (secondary N) is 1. The first-order chi connectivity index (χ1) is 7.33. The molecule has 0 bridgehead atoms. The highest BCUT2D eigenvalue weighted by molar-refractivity contribution is 9.10. The molecule has 0 aromatic heterocycles. The van der Waals surface area contributed by atoms with Gasteiger partial charge < -0.3 is 10.8 Å². The van der Waals surface area contributed by atoms with Crippen molar-refractivity contribution in [2.75, 3.05) is 12.3 Å². The first-order valence-corrected chi connectivity index (χ1v) is 6.83. The van der Waals surface area contributed by atoms with Crippen molar-refractivity contribution in [1.82, 2.24) is 4.72 Å². The zero-order chi connectivity index (χ0) is 12.3. The maximum absolute atomic E-state index is 11.8. The monoisotopic (exact) mass is 308 g/mol. The van der Waals surface area contributed by atoms with Gasteiger partial charge >= 0.3 is 0 Å². The fourth-order valence-electron chi connectivity index (χ4n) is 1.07. The molecule has 0 heterocycles. The van der Waals surface area contributed by atoms with Gasteiger partial charge in [0.2, 0.25) is 10.0 Å². The lowest BCUT2D eigenvalue weighted by Crippen LogP contribution is -2.31. The van der Waals surface area contributed by atoms with Gasteiger partial charge in [-0.3, -0.25) is 0 Å². The topological polar surface area (TPSA) is 92.4 Å². The Morgan fingerprint density at radius 2 is 2.19 bits per heavy atom. The quantitative estimate of drug-likeness (QED) is 0.714. The normalized spacial score (nSPS) is 13.7. The molecule has 1 aromatic carbocycles. The van der Waals surface area contributed by atoms with E-state index >= 15 is 0 Å². The molecule has 0 aliphatic carbocycles. The van der Waals surface area contributed by atoms with Crippen LogP contribution in [0.25, 0.3) is 0 Å². The van der Waals surface area contributed by atoms with Crippen LogP contribution in [0.15, 0.2) is 27.6 Å². The average Bonchev–Trinajstić information content (AvgIpc) is 2.14. The highest BCUT2D eigenvalue weighted by Crippen LogP contribution is 2.22. The largest absolute Gasteiger partial charge is 0.398 e. The van der Waals surface area contributed by atoms with Gasteiger partial charge in [0.15, 0.2) is 0 Å². The summed E-state index contributed by atoms with van der Waals surface area (Å²) < 4.78 is 26.5. The van der Waals surface area contributed by atoms with Crippen molar-refractivity contribution in [3.05, 3.63) is 22.7 Å². The molecule has 0 saturated carbocycles. The number of sulfonamides is 1. The Morgan fingerprint density at radius 1 is 1.56 bits per heavy atom. The van der Waals surface area contributed by atoms with Crippen LogP contribution in [-0.2, 0) is 10.0 Å². The SMILES string of the molecule is CC(O)CNS(=O)(=O)c1ccc(Br)cc1N. The van der Waals surface area contributed by atoms with Crippen molar-refractivity contribution in [3.63, 3.8) is 0 Å². The first kappa shape index (κ1) is 13.4. The summed E-state index contributed by atoms with van der Waals surface area (Å²) in [4.78, 5) is 0.0105. The summed E-state index contributed by atoms with van der Waals surface area (Å²) in [6.45, 7) is 1.45. The van der Waals surface area contributed by atoms with Crippen molar-refractivity contribution in [2.24, 2.45) is 0 Å². The van der Waals surface area contributed by atoms with Crippen LogP contribution in [0.5, 0.6) is 0 Å². The third kappa shape index (κ3) is 3.44. The van der Waals surface area contributed by atoms with Gasteiger partial charge in [-0.05, 0) is 25.1 Å². The Bertz CT molecular complexity index is 474. The van der Waals surface area contributed by atoms with Crippen molar-refractivity contribution in [3.8, 4) is 0 Å². The number of benzene rings is 1. The Balaban J connectivity index is 2.99. The van der Waals surface area contributed by atoms with E-state index in [2.05, 4.69) is 20.7 Å². The van der Waals surface area contributed by atoms with Crippen LogP contribution in [0.3, 0.4) is 0 Å². The van der Waals surface area contributed by atoms with Gasteiger partial charge in [0.05, 0.1) is 11.8 Å². The standard InChI is InChI=1S/C9H13BrN2O3S/c1-6(13)5-12-16(14,15)9-3-2-7(10)4-8(9)11/h2-4,6,12-13H,5,11H2,1H3. The molecular weight excluding hydrogens is 296 g/mol. The average molecular weight is 309 g/mol. The van der Waals surface area contributed by atoms with E-state index in [1.165, 1.54) is 19.1 Å². The molecule has 1 rings (SSSR count). The first-order valence-electron chi connectivity index (χ1n) is 4.55. The van der Waals surface area contributed by atoms with Crippen LogP contribution < -0.4 is 10.5 Å². The molecule has 0 saturated heterocycles. The van der Waals surface area contributed by atoms with Crippen molar-refractivity contribution < 1.29 is 13.5 Å². The van der Waals surface area contributed by atoms with Gasteiger partial charge in [-0.25, -0.2) is 13.1 Å². The minimum absolute atomic E-state index is 0.0105. The lowest BCUT2D eigenvalue weighted by Gasteiger charge is -2.10. The Morgan fingerprint density at radius 3 is 2.69 bits per heavy atom. The predicted molar refractivity (Wildman–Crippen MR) is 65.4 cm³/mol. The van der Waals surface area contributed by atoms with Crippen LogP contribution in [0, 0.1) is 0 Å². The molecule has 5 nitrogen and oxygen atoms in total. The van der Waals surface area contributed by atoms with E-state index in [1.807, 2.05) is 0 Å². The van der Waals surface area contributed by atoms with Gasteiger partial charge in [0, 0.05) is 11.0 Å². The van der Waals surface area contributed by atoms with Crippen molar-refractivity contribution >= 4 is 31.6 Å². The summed E-state index contributed by atoms with van der Waals surface area (Å²) >= 11 is 3.19. The van der Waals surface area contributed by atoms with E-state index in [-0.39, 0.29) is 17.1 Å². The Labute approximate surface area is 103 Å². The van der Waals surface area contributed by atoms with Gasteiger partial charge in [0.25, 0.3) is 0 Å². The zero-order valence-corrected chi connectivity index (χ0v) is 11.0. The Hall–Kier alpha value is -0.630. The lowest BCUT2D eigenvalue weighted by atomic mass is 10.3. The van der Waals surface area contributed by atoms with Crippen LogP contribution in [0.1, 0.15) is 6.92 Å². The number of halogens is 1. The molecule has 16 heavy (non-hydrogen) atoms. The molecule has 0 amide bonds. The van der Waals surface area contributed by atoms with Crippen LogP contribution >= 0.6 is 15.9 Å². The molecule has 4 N–H and O–H groups in total. The number of aliphatic hydroxyl groups is 1. The summed E-state index contributed by atoms with van der Waals surface area (Å²) in [7, 11) is -3.66. The number of hydrogen-bond donors (Lipinski definition) is 3. The van der Waals surface area contributed by atoms with E-state index in [1.54, 1.807) is 6.07 Å². The second-order valence-corrected chi connectivity index (χ2v) is 6.03. The number of nitrogens with two attached hydrogens (primary N) is 1. The molecule has 0 radical (unpaired) electrons. The molecule has 7 heteroatoms. The number of aliphatic hydroxyl groups excluding tert-OH is 1. The molecule has 1 unspecified atom stereocenters. The van der Waals surface area contributed by atoms with Crippen molar-refractivity contribution in [1.29, 1.82) is 0 Å². The Kier molecular flexibility index (Phi) is 4.31. The summed E-state index contributed by atoms with van der Waals surface area (Å²) in [6, 6.07) is 4.51. The smallest absolute Gasteiger partial charge is 0.242 e. The molecule has 0 aliphatic heterocycles. The van der Waals surface area contributed by atoms with Gasteiger partial charge in [-0.15, -0.1) is 0 Å². The van der Waals surface area contributed by atoms with E-state index in [9.17, 15) is 8.42 Å². The van der Waals surface area contributed by atoms with E-state index in [0.717, 1.165) is 0 Å². The summed E-state index contributed by atoms with van der Waals surface area (Å²) in [5.41, 5.74) is 5.76. The van der Waals surface area contributed by atoms with Gasteiger partial charge in [-0.2, -0.15) is 0 Å². The molecule has 90 valence electrons. The molecule has 0 spiro atoms. The fourth-order valence-corrected chi connectivity index (χ4v) is 2.68. The fraction of sp³-hybridized carbons (Fsp3) is 0.333. The zero-order valence-electron chi connectivity index (χ0n) is 8.64. The number of rotatable bonds is 4. The van der Waals surface area contributed by atoms with Crippen LogP contribution in [-0.4, -0.2) is 26.2 Å². The summed E-state index contributed by atoms with van der Waals surface area (Å²) in [5.74, 6) is 0. The molecule has 0 aliphatic rings. The van der Waals surface area contributed by atoms with Crippen LogP contribution in [0.4, 0.5) is 5.69 Å². The molecule has 1 atom stereocenters. The minimum Gasteiger partial charge on any atom is -0.398 e. The third-order valence-electron chi connectivity index (χ3n) is 1.83. The maximum atomic E-state index is 11.8.